The molecule has 1 rings (SSSR count). The molecule has 0 unspecified atom stereocenters. The molecular weight excluding hydrogens is 294 g/mol. The van der Waals surface area contributed by atoms with Gasteiger partial charge < -0.3 is 9.53 Å². The van der Waals surface area contributed by atoms with E-state index in [4.69, 9.17) is 15.4 Å². The van der Waals surface area contributed by atoms with Crippen LogP contribution >= 0.6 is 10.7 Å². The van der Waals surface area contributed by atoms with Gasteiger partial charge in [0.15, 0.2) is 0 Å². The molecule has 1 aromatic carbocycles. The largest absolute Gasteiger partial charge is 0.427 e. The van der Waals surface area contributed by atoms with Gasteiger partial charge in [0.1, 0.15) is 11.5 Å². The number of hydrogen-bond donors (Lipinski definition) is 1. The maximum Gasteiger partial charge on any atom is 0.427 e. The summed E-state index contributed by atoms with van der Waals surface area (Å²) in [5.74, 6) is 0.261. The molecule has 0 spiro atoms. The number of carbonyl (C=O) groups excluding carboxylic acids is 2. The molecule has 0 saturated carbocycles. The number of amides is 1. The van der Waals surface area contributed by atoms with Gasteiger partial charge in [-0.1, -0.05) is 12.1 Å². The van der Waals surface area contributed by atoms with Gasteiger partial charge in [-0.25, -0.2) is 9.52 Å². The second kappa shape index (κ2) is 6.53. The molecule has 19 heavy (non-hydrogen) atoms. The third-order valence-corrected chi connectivity index (χ3v) is 2.75. The summed E-state index contributed by atoms with van der Waals surface area (Å²) in [6, 6.07) is 6.35. The number of benzene rings is 1. The van der Waals surface area contributed by atoms with E-state index in [0.29, 0.717) is 12.8 Å². The van der Waals surface area contributed by atoms with E-state index in [9.17, 15) is 18.0 Å². The van der Waals surface area contributed by atoms with Crippen molar-refractivity contribution in [3.63, 3.8) is 0 Å². The number of carbonyl (C=O) groups is 2. The number of aryl methyl sites for hydroxylation is 1. The summed E-state index contributed by atoms with van der Waals surface area (Å²) in [6.45, 7) is 1.51. The number of ether oxygens (including phenoxy) is 1. The molecule has 8 heteroatoms. The molecule has 1 aromatic rings. The molecule has 0 atom stereocenters. The van der Waals surface area contributed by atoms with Crippen molar-refractivity contribution in [3.05, 3.63) is 29.8 Å². The fourth-order valence-corrected chi connectivity index (χ4v) is 1.70. The standard InChI is InChI=1S/C11H12ClNO5S/c1-8(14)2-3-9-4-6-10(7-5-9)18-11(15)13-19(12,16)17/h4-7H,2-3H2,1H3,(H,13,15). The fraction of sp³-hybridized carbons (Fsp3) is 0.273. The van der Waals surface area contributed by atoms with E-state index in [0.717, 1.165) is 5.56 Å². The van der Waals surface area contributed by atoms with Crippen LogP contribution in [0.4, 0.5) is 4.79 Å². The normalized spacial score (nSPS) is 10.8. The molecule has 1 N–H and O–H groups in total. The average molecular weight is 306 g/mol. The predicted molar refractivity (Wildman–Crippen MR) is 69.4 cm³/mol. The number of halogens is 1. The first-order chi connectivity index (χ1) is 8.76. The topological polar surface area (TPSA) is 89.5 Å². The lowest BCUT2D eigenvalue weighted by molar-refractivity contribution is -0.116. The number of Topliss-reactive ketones (excluding diaryl/α,β-unsaturated/α-hetero) is 1. The van der Waals surface area contributed by atoms with Crippen molar-refractivity contribution < 1.29 is 22.7 Å². The molecule has 0 radical (unpaired) electrons. The Morgan fingerprint density at radius 3 is 2.32 bits per heavy atom. The minimum Gasteiger partial charge on any atom is -0.410 e. The Morgan fingerprint density at radius 2 is 1.84 bits per heavy atom. The maximum atomic E-state index is 11.1. The monoisotopic (exact) mass is 305 g/mol. The Balaban J connectivity index is 2.57. The SMILES string of the molecule is CC(=O)CCc1ccc(OC(=O)NS(=O)(=O)Cl)cc1. The van der Waals surface area contributed by atoms with Crippen molar-refractivity contribution >= 4 is 31.8 Å². The van der Waals surface area contributed by atoms with Gasteiger partial charge in [0, 0.05) is 17.1 Å². The molecule has 104 valence electrons. The third kappa shape index (κ3) is 6.78. The highest BCUT2D eigenvalue weighted by molar-refractivity contribution is 8.12. The lowest BCUT2D eigenvalue weighted by atomic mass is 10.1. The second-order valence-electron chi connectivity index (χ2n) is 3.78. The number of hydrogen-bond acceptors (Lipinski definition) is 5. The average Bonchev–Trinajstić information content (AvgIpc) is 2.25. The van der Waals surface area contributed by atoms with Crippen LogP contribution in [0.2, 0.25) is 0 Å². The van der Waals surface area contributed by atoms with E-state index in [-0.39, 0.29) is 11.5 Å². The van der Waals surface area contributed by atoms with Crippen molar-refractivity contribution in [2.45, 2.75) is 19.8 Å². The molecular formula is C11H12ClNO5S. The molecule has 0 bridgehead atoms. The summed E-state index contributed by atoms with van der Waals surface area (Å²) in [6.07, 6.45) is -0.158. The molecule has 6 nitrogen and oxygen atoms in total. The minimum absolute atomic E-state index is 0.0898. The van der Waals surface area contributed by atoms with Crippen molar-refractivity contribution in [3.8, 4) is 5.75 Å². The highest BCUT2D eigenvalue weighted by Crippen LogP contribution is 2.13. The van der Waals surface area contributed by atoms with Gasteiger partial charge in [-0.15, -0.1) is 0 Å². The first-order valence-electron chi connectivity index (χ1n) is 5.29. The van der Waals surface area contributed by atoms with E-state index in [1.165, 1.54) is 23.8 Å². The van der Waals surface area contributed by atoms with Crippen LogP contribution in [0.25, 0.3) is 0 Å². The Labute approximate surface area is 115 Å². The predicted octanol–water partition coefficient (Wildman–Crippen LogP) is 1.78. The van der Waals surface area contributed by atoms with Gasteiger partial charge in [0.2, 0.25) is 0 Å². The van der Waals surface area contributed by atoms with Crippen molar-refractivity contribution in [2.75, 3.05) is 0 Å². The van der Waals surface area contributed by atoms with Gasteiger partial charge in [-0.05, 0) is 31.0 Å². The molecule has 0 fully saturated rings. The Hall–Kier alpha value is -1.60. The van der Waals surface area contributed by atoms with Gasteiger partial charge in [-0.2, -0.15) is 8.42 Å². The van der Waals surface area contributed by atoms with E-state index >= 15 is 0 Å². The fourth-order valence-electron chi connectivity index (χ4n) is 1.27. The van der Waals surface area contributed by atoms with Gasteiger partial charge in [0.25, 0.3) is 0 Å². The number of ketones is 1. The molecule has 1 amide bonds. The Morgan fingerprint density at radius 1 is 1.26 bits per heavy atom. The van der Waals surface area contributed by atoms with Crippen LogP contribution in [0.1, 0.15) is 18.9 Å². The van der Waals surface area contributed by atoms with E-state index in [1.54, 1.807) is 12.1 Å². The van der Waals surface area contributed by atoms with Crippen molar-refractivity contribution in [1.82, 2.24) is 4.72 Å². The zero-order valence-electron chi connectivity index (χ0n) is 10.1. The molecule has 0 aliphatic heterocycles. The van der Waals surface area contributed by atoms with Crippen LogP contribution in [0.5, 0.6) is 5.75 Å². The van der Waals surface area contributed by atoms with E-state index in [2.05, 4.69) is 0 Å². The first kappa shape index (κ1) is 15.5. The van der Waals surface area contributed by atoms with E-state index < -0.39 is 15.3 Å². The quantitative estimate of drug-likeness (QED) is 0.838. The summed E-state index contributed by atoms with van der Waals surface area (Å²) in [4.78, 5) is 21.9. The lowest BCUT2D eigenvalue weighted by Crippen LogP contribution is -2.29. The number of rotatable bonds is 5. The van der Waals surface area contributed by atoms with Gasteiger partial charge in [0.05, 0.1) is 0 Å². The Kier molecular flexibility index (Phi) is 5.31. The first-order valence-corrected chi connectivity index (χ1v) is 7.60. The lowest BCUT2D eigenvalue weighted by Gasteiger charge is -2.05. The maximum absolute atomic E-state index is 11.1. The zero-order valence-corrected chi connectivity index (χ0v) is 11.6. The van der Waals surface area contributed by atoms with Crippen LogP contribution in [0.3, 0.4) is 0 Å². The van der Waals surface area contributed by atoms with Crippen LogP contribution in [-0.2, 0) is 20.5 Å². The second-order valence-corrected chi connectivity index (χ2v) is 6.07. The highest BCUT2D eigenvalue weighted by Gasteiger charge is 2.12. The van der Waals surface area contributed by atoms with Gasteiger partial charge in [-0.3, -0.25) is 0 Å². The number of nitrogens with one attached hydrogen (secondary N) is 1. The summed E-state index contributed by atoms with van der Waals surface area (Å²) in [5.41, 5.74) is 0.910. The third-order valence-electron chi connectivity index (χ3n) is 2.10. The van der Waals surface area contributed by atoms with Crippen LogP contribution in [0.15, 0.2) is 24.3 Å². The van der Waals surface area contributed by atoms with Crippen LogP contribution in [0, 0.1) is 0 Å². The van der Waals surface area contributed by atoms with Crippen LogP contribution in [-0.4, -0.2) is 20.3 Å². The summed E-state index contributed by atoms with van der Waals surface area (Å²) in [7, 11) is 0.659. The van der Waals surface area contributed by atoms with E-state index in [1.807, 2.05) is 0 Å². The Bertz CT molecular complexity index is 567. The van der Waals surface area contributed by atoms with Gasteiger partial charge >= 0.3 is 15.3 Å². The minimum atomic E-state index is -4.16. The molecule has 0 saturated heterocycles. The summed E-state index contributed by atoms with van der Waals surface area (Å²) >= 11 is 0. The smallest absolute Gasteiger partial charge is 0.410 e. The molecule has 0 heterocycles. The molecule has 0 aliphatic rings. The molecule has 0 aliphatic carbocycles. The summed E-state index contributed by atoms with van der Waals surface area (Å²) < 4.78 is 27.3. The van der Waals surface area contributed by atoms with Crippen LogP contribution < -0.4 is 9.46 Å². The summed E-state index contributed by atoms with van der Waals surface area (Å²) in [5, 5.41) is 0. The zero-order chi connectivity index (χ0) is 14.5. The molecule has 0 aromatic heterocycles. The van der Waals surface area contributed by atoms with Crippen molar-refractivity contribution in [1.29, 1.82) is 0 Å². The van der Waals surface area contributed by atoms with Crippen molar-refractivity contribution in [2.24, 2.45) is 0 Å². The highest BCUT2D eigenvalue weighted by atomic mass is 35.7.